The number of amides is 1. The molecule has 3 nitrogen and oxygen atoms in total. The zero-order valence-corrected chi connectivity index (χ0v) is 15.2. The number of halogens is 3. The van der Waals surface area contributed by atoms with Crippen molar-refractivity contribution < 1.29 is 18.0 Å². The van der Waals surface area contributed by atoms with Gasteiger partial charge in [-0.2, -0.15) is 18.2 Å². The Bertz CT molecular complexity index is 829. The van der Waals surface area contributed by atoms with Gasteiger partial charge < -0.3 is 0 Å². The highest BCUT2D eigenvalue weighted by atomic mass is 19.4. The number of hydrazine groups is 1. The first kappa shape index (κ1) is 18.7. The van der Waals surface area contributed by atoms with Gasteiger partial charge >= 0.3 is 6.18 Å². The van der Waals surface area contributed by atoms with E-state index in [2.05, 4.69) is 5.43 Å². The molecule has 1 heterocycles. The molecule has 0 aromatic heterocycles. The third kappa shape index (κ3) is 3.30. The monoisotopic (exact) mass is 364 g/mol. The van der Waals surface area contributed by atoms with E-state index in [0.717, 1.165) is 28.8 Å². The van der Waals surface area contributed by atoms with Gasteiger partial charge in [-0.15, -0.1) is 0 Å². The van der Waals surface area contributed by atoms with Crippen molar-refractivity contribution in [2.45, 2.75) is 57.8 Å². The molecule has 140 valence electrons. The largest absolute Gasteiger partial charge is 0.409 e. The Kier molecular flexibility index (Phi) is 4.73. The van der Waals surface area contributed by atoms with Crippen LogP contribution in [0.3, 0.4) is 0 Å². The SMILES string of the molecule is CCCc1ccc(C(N2NC(=O)CC2(C)C)C(F)(F)F)c2ccccc12. The van der Waals surface area contributed by atoms with Gasteiger partial charge in [0.05, 0.1) is 0 Å². The lowest BCUT2D eigenvalue weighted by Gasteiger charge is -2.38. The summed E-state index contributed by atoms with van der Waals surface area (Å²) in [5.74, 6) is -0.392. The Labute approximate surface area is 151 Å². The maximum absolute atomic E-state index is 14.1. The summed E-state index contributed by atoms with van der Waals surface area (Å²) in [5, 5.41) is 2.48. The summed E-state index contributed by atoms with van der Waals surface area (Å²) in [6, 6.07) is 8.64. The standard InChI is InChI=1S/C20H23F3N2O/c1-4-7-13-10-11-16(15-9-6-5-8-14(13)15)18(20(21,22)23)25-19(2,3)12-17(26)24-25/h5-6,8-11,18H,4,7,12H2,1-3H3,(H,24,26). The number of nitrogens with one attached hydrogen (secondary N) is 1. The van der Waals surface area contributed by atoms with Gasteiger partial charge in [-0.1, -0.05) is 49.7 Å². The molecule has 0 spiro atoms. The van der Waals surface area contributed by atoms with Crippen LogP contribution in [0.1, 0.15) is 50.8 Å². The first-order valence-corrected chi connectivity index (χ1v) is 8.81. The lowest BCUT2D eigenvalue weighted by atomic mass is 9.91. The second-order valence-electron chi connectivity index (χ2n) is 7.45. The van der Waals surface area contributed by atoms with E-state index in [9.17, 15) is 18.0 Å². The highest BCUT2D eigenvalue weighted by Gasteiger charge is 2.53. The van der Waals surface area contributed by atoms with Gasteiger partial charge in [-0.3, -0.25) is 10.2 Å². The second kappa shape index (κ2) is 6.58. The molecule has 0 aliphatic carbocycles. The van der Waals surface area contributed by atoms with Crippen LogP contribution < -0.4 is 5.43 Å². The zero-order chi connectivity index (χ0) is 19.1. The van der Waals surface area contributed by atoms with Crippen molar-refractivity contribution in [3.63, 3.8) is 0 Å². The molecule has 1 unspecified atom stereocenters. The molecule has 2 aromatic carbocycles. The quantitative estimate of drug-likeness (QED) is 0.836. The van der Waals surface area contributed by atoms with Crippen LogP contribution in [0.2, 0.25) is 0 Å². The Balaban J connectivity index is 2.20. The predicted octanol–water partition coefficient (Wildman–Crippen LogP) is 4.91. The fourth-order valence-corrected chi connectivity index (χ4v) is 3.79. The number of alkyl halides is 3. The summed E-state index contributed by atoms with van der Waals surface area (Å²) in [5.41, 5.74) is 2.71. The average Bonchev–Trinajstić information content (AvgIpc) is 2.81. The van der Waals surface area contributed by atoms with Crippen molar-refractivity contribution in [1.82, 2.24) is 10.4 Å². The Morgan fingerprint density at radius 2 is 1.81 bits per heavy atom. The number of rotatable bonds is 4. The van der Waals surface area contributed by atoms with Crippen LogP contribution in [0.5, 0.6) is 0 Å². The molecule has 6 heteroatoms. The molecule has 0 bridgehead atoms. The number of hydrogen-bond acceptors (Lipinski definition) is 2. The van der Waals surface area contributed by atoms with Crippen LogP contribution in [0.25, 0.3) is 10.8 Å². The van der Waals surface area contributed by atoms with E-state index in [1.54, 1.807) is 38.1 Å². The molecule has 1 aliphatic heterocycles. The average molecular weight is 364 g/mol. The smallest absolute Gasteiger partial charge is 0.287 e. The number of hydrogen-bond donors (Lipinski definition) is 1. The third-order valence-corrected chi connectivity index (χ3v) is 4.92. The fourth-order valence-electron chi connectivity index (χ4n) is 3.79. The minimum atomic E-state index is -4.52. The number of fused-ring (bicyclic) bond motifs is 1. The van der Waals surface area contributed by atoms with Crippen LogP contribution in [-0.4, -0.2) is 22.6 Å². The van der Waals surface area contributed by atoms with Crippen molar-refractivity contribution in [1.29, 1.82) is 0 Å². The number of nitrogens with zero attached hydrogens (tertiary/aromatic N) is 1. The van der Waals surface area contributed by atoms with Gasteiger partial charge in [0.25, 0.3) is 0 Å². The maximum Gasteiger partial charge on any atom is 0.409 e. The van der Waals surface area contributed by atoms with Gasteiger partial charge in [0.15, 0.2) is 6.04 Å². The van der Waals surface area contributed by atoms with Crippen LogP contribution in [0, 0.1) is 0 Å². The molecule has 1 amide bonds. The second-order valence-corrected chi connectivity index (χ2v) is 7.45. The molecule has 1 N–H and O–H groups in total. The summed E-state index contributed by atoms with van der Waals surface area (Å²) < 4.78 is 42.3. The van der Waals surface area contributed by atoms with E-state index < -0.39 is 23.7 Å². The fraction of sp³-hybridized carbons (Fsp3) is 0.450. The van der Waals surface area contributed by atoms with Gasteiger partial charge in [-0.25, -0.2) is 0 Å². The van der Waals surface area contributed by atoms with Crippen molar-refractivity contribution in [3.05, 3.63) is 47.5 Å². The molecule has 3 rings (SSSR count). The topological polar surface area (TPSA) is 32.3 Å². The molecule has 26 heavy (non-hydrogen) atoms. The Morgan fingerprint density at radius 3 is 2.35 bits per heavy atom. The predicted molar refractivity (Wildman–Crippen MR) is 95.4 cm³/mol. The number of aryl methyl sites for hydroxylation is 1. The van der Waals surface area contributed by atoms with Gasteiger partial charge in [-0.05, 0) is 42.2 Å². The number of carbonyl (C=O) groups excluding carboxylic acids is 1. The van der Waals surface area contributed by atoms with Crippen molar-refractivity contribution in [2.75, 3.05) is 0 Å². The molecular weight excluding hydrogens is 341 g/mol. The molecule has 2 aromatic rings. The summed E-state index contributed by atoms with van der Waals surface area (Å²) in [4.78, 5) is 11.8. The van der Waals surface area contributed by atoms with E-state index in [4.69, 9.17) is 0 Å². The van der Waals surface area contributed by atoms with Gasteiger partial charge in [0, 0.05) is 12.0 Å². The van der Waals surface area contributed by atoms with E-state index in [0.29, 0.717) is 5.39 Å². The zero-order valence-electron chi connectivity index (χ0n) is 15.2. The van der Waals surface area contributed by atoms with Crippen LogP contribution >= 0.6 is 0 Å². The van der Waals surface area contributed by atoms with Crippen LogP contribution in [0.15, 0.2) is 36.4 Å². The first-order chi connectivity index (χ1) is 12.1. The highest BCUT2D eigenvalue weighted by Crippen LogP contribution is 2.45. The summed E-state index contributed by atoms with van der Waals surface area (Å²) in [6.07, 6.45) is -2.76. The lowest BCUT2D eigenvalue weighted by molar-refractivity contribution is -0.203. The van der Waals surface area contributed by atoms with Crippen molar-refractivity contribution in [3.8, 4) is 0 Å². The molecule has 1 atom stereocenters. The Hall–Kier alpha value is -2.08. The number of benzene rings is 2. The van der Waals surface area contributed by atoms with Crippen LogP contribution in [-0.2, 0) is 11.2 Å². The molecule has 0 saturated carbocycles. The summed E-state index contributed by atoms with van der Waals surface area (Å²) >= 11 is 0. The minimum Gasteiger partial charge on any atom is -0.287 e. The van der Waals surface area contributed by atoms with Gasteiger partial charge in [0.1, 0.15) is 0 Å². The maximum atomic E-state index is 14.1. The molecule has 1 fully saturated rings. The van der Waals surface area contributed by atoms with Crippen molar-refractivity contribution in [2.24, 2.45) is 0 Å². The van der Waals surface area contributed by atoms with E-state index >= 15 is 0 Å². The summed E-state index contributed by atoms with van der Waals surface area (Å²) in [7, 11) is 0. The van der Waals surface area contributed by atoms with Crippen LogP contribution in [0.4, 0.5) is 13.2 Å². The minimum absolute atomic E-state index is 0.0332. The van der Waals surface area contributed by atoms with E-state index in [-0.39, 0.29) is 12.0 Å². The highest BCUT2D eigenvalue weighted by molar-refractivity contribution is 5.89. The van der Waals surface area contributed by atoms with Gasteiger partial charge in [0.2, 0.25) is 5.91 Å². The summed E-state index contributed by atoms with van der Waals surface area (Å²) in [6.45, 7) is 5.35. The molecule has 1 saturated heterocycles. The molecular formula is C20H23F3N2O. The lowest BCUT2D eigenvalue weighted by Crippen LogP contribution is -2.51. The normalized spacial score (nSPS) is 18.9. The Morgan fingerprint density at radius 1 is 1.15 bits per heavy atom. The first-order valence-electron chi connectivity index (χ1n) is 8.81. The molecule has 1 aliphatic rings. The van der Waals surface area contributed by atoms with E-state index in [1.165, 1.54) is 0 Å². The number of carbonyl (C=O) groups is 1. The van der Waals surface area contributed by atoms with E-state index in [1.807, 2.05) is 19.1 Å². The van der Waals surface area contributed by atoms with Crippen molar-refractivity contribution >= 4 is 16.7 Å². The third-order valence-electron chi connectivity index (χ3n) is 4.92. The molecule has 0 radical (unpaired) electrons.